The molecule has 4 N–H and O–H groups in total. The zero-order chi connectivity index (χ0) is 18.7. The van der Waals surface area contributed by atoms with Gasteiger partial charge in [-0.15, -0.1) is 0 Å². The fraction of sp³-hybridized carbons (Fsp3) is 0.211. The van der Waals surface area contributed by atoms with Gasteiger partial charge in [0.1, 0.15) is 22.8 Å². The van der Waals surface area contributed by atoms with Crippen molar-refractivity contribution in [2.75, 3.05) is 12.4 Å². The van der Waals surface area contributed by atoms with Gasteiger partial charge in [0.05, 0.1) is 12.8 Å². The van der Waals surface area contributed by atoms with Crippen molar-refractivity contribution in [2.24, 2.45) is 0 Å². The number of phenolic OH excluding ortho intramolecular Hbond substituents is 1. The first-order chi connectivity index (χ1) is 12.4. The first-order valence-electron chi connectivity index (χ1n) is 8.09. The molecule has 0 aromatic heterocycles. The number of thiocarbonyl (C=S) groups is 1. The highest BCUT2D eigenvalue weighted by molar-refractivity contribution is 7.80. The summed E-state index contributed by atoms with van der Waals surface area (Å²) in [7, 11) is 1.62. The maximum Gasteiger partial charge on any atom is 0.189 e. The molecule has 0 bridgehead atoms. The van der Waals surface area contributed by atoms with Gasteiger partial charge in [0.2, 0.25) is 0 Å². The van der Waals surface area contributed by atoms with Crippen LogP contribution in [0.2, 0.25) is 0 Å². The van der Waals surface area contributed by atoms with Crippen LogP contribution < -0.4 is 25.6 Å². The molecule has 136 valence electrons. The second-order valence-corrected chi connectivity index (χ2v) is 6.78. The van der Waals surface area contributed by atoms with Crippen molar-refractivity contribution in [3.8, 4) is 17.2 Å². The predicted octanol–water partition coefficient (Wildman–Crippen LogP) is 3.40. The first kappa shape index (κ1) is 17.9. The number of hydrogen-bond acceptors (Lipinski definition) is 5. The zero-order valence-corrected chi connectivity index (χ0v) is 15.6. The molecular weight excluding hydrogens is 350 g/mol. The number of phenols is 1. The topological polar surface area (TPSA) is 74.8 Å². The third-order valence-corrected chi connectivity index (χ3v) is 3.98. The molecule has 0 unspecified atom stereocenters. The molecule has 26 heavy (non-hydrogen) atoms. The lowest BCUT2D eigenvalue weighted by atomic mass is 9.99. The van der Waals surface area contributed by atoms with E-state index in [0.717, 1.165) is 22.7 Å². The Labute approximate surface area is 157 Å². The monoisotopic (exact) mass is 371 g/mol. The molecule has 7 heteroatoms. The summed E-state index contributed by atoms with van der Waals surface area (Å²) in [4.78, 5) is 0. The lowest BCUT2D eigenvalue weighted by Crippen LogP contribution is -2.41. The van der Waals surface area contributed by atoms with E-state index in [4.69, 9.17) is 21.7 Å². The third kappa shape index (κ3) is 4.18. The van der Waals surface area contributed by atoms with Crippen LogP contribution in [-0.2, 0) is 0 Å². The SMILES string of the molecule is COc1ccc(NC(=S)NNC2=CC(C)(C)Oc3ccc(O)cc32)cc1. The predicted molar refractivity (Wildman–Crippen MR) is 106 cm³/mol. The van der Waals surface area contributed by atoms with E-state index in [1.165, 1.54) is 0 Å². The van der Waals surface area contributed by atoms with Crippen LogP contribution in [0.25, 0.3) is 5.70 Å². The van der Waals surface area contributed by atoms with Crippen LogP contribution in [0, 0.1) is 0 Å². The molecule has 0 spiro atoms. The molecule has 1 aliphatic rings. The van der Waals surface area contributed by atoms with E-state index in [-0.39, 0.29) is 5.75 Å². The number of benzene rings is 2. The van der Waals surface area contributed by atoms with Crippen LogP contribution >= 0.6 is 12.2 Å². The lowest BCUT2D eigenvalue weighted by Gasteiger charge is -2.31. The second kappa shape index (κ2) is 7.13. The fourth-order valence-corrected chi connectivity index (χ4v) is 2.79. The Bertz CT molecular complexity index is 848. The Kier molecular flexibility index (Phi) is 4.90. The Balaban J connectivity index is 1.68. The summed E-state index contributed by atoms with van der Waals surface area (Å²) in [5.74, 6) is 1.63. The summed E-state index contributed by atoms with van der Waals surface area (Å²) in [6.45, 7) is 3.91. The molecule has 2 aromatic carbocycles. The Hall–Kier alpha value is -2.93. The number of anilines is 1. The van der Waals surface area contributed by atoms with Crippen molar-refractivity contribution in [1.29, 1.82) is 0 Å². The fourth-order valence-electron chi connectivity index (χ4n) is 2.62. The van der Waals surface area contributed by atoms with Crippen molar-refractivity contribution >= 4 is 28.7 Å². The van der Waals surface area contributed by atoms with Gasteiger partial charge in [-0.05, 0) is 74.6 Å². The zero-order valence-electron chi connectivity index (χ0n) is 14.8. The number of methoxy groups -OCH3 is 1. The summed E-state index contributed by atoms with van der Waals surface area (Å²) in [5, 5.41) is 13.3. The van der Waals surface area contributed by atoms with Gasteiger partial charge in [-0.3, -0.25) is 10.9 Å². The second-order valence-electron chi connectivity index (χ2n) is 6.38. The molecule has 0 amide bonds. The highest BCUT2D eigenvalue weighted by atomic mass is 32.1. The van der Waals surface area contributed by atoms with E-state index < -0.39 is 5.60 Å². The van der Waals surface area contributed by atoms with Gasteiger partial charge in [-0.2, -0.15) is 0 Å². The van der Waals surface area contributed by atoms with Crippen LogP contribution in [0.15, 0.2) is 48.5 Å². The third-order valence-electron chi connectivity index (χ3n) is 3.78. The summed E-state index contributed by atoms with van der Waals surface area (Å²) in [6.07, 6.45) is 1.93. The van der Waals surface area contributed by atoms with Crippen molar-refractivity contribution in [3.63, 3.8) is 0 Å². The number of fused-ring (bicyclic) bond motifs is 1. The van der Waals surface area contributed by atoms with Gasteiger partial charge < -0.3 is 19.9 Å². The molecule has 0 atom stereocenters. The first-order valence-corrected chi connectivity index (χ1v) is 8.49. The van der Waals surface area contributed by atoms with Crippen molar-refractivity contribution in [1.82, 2.24) is 10.9 Å². The normalized spacial score (nSPS) is 14.3. The van der Waals surface area contributed by atoms with Gasteiger partial charge in [-0.1, -0.05) is 0 Å². The molecule has 3 rings (SSSR count). The van der Waals surface area contributed by atoms with Crippen LogP contribution in [0.4, 0.5) is 5.69 Å². The summed E-state index contributed by atoms with van der Waals surface area (Å²) >= 11 is 5.32. The van der Waals surface area contributed by atoms with Gasteiger partial charge in [0, 0.05) is 11.3 Å². The van der Waals surface area contributed by atoms with E-state index in [0.29, 0.717) is 10.9 Å². The molecule has 2 aromatic rings. The molecule has 0 fully saturated rings. The molecule has 0 saturated carbocycles. The molecular formula is C19H21N3O3S. The van der Waals surface area contributed by atoms with Crippen LogP contribution in [0.1, 0.15) is 19.4 Å². The smallest absolute Gasteiger partial charge is 0.189 e. The molecule has 0 aliphatic carbocycles. The van der Waals surface area contributed by atoms with Gasteiger partial charge >= 0.3 is 0 Å². The molecule has 0 radical (unpaired) electrons. The summed E-state index contributed by atoms with van der Waals surface area (Å²) in [6, 6.07) is 12.4. The molecule has 1 aliphatic heterocycles. The van der Waals surface area contributed by atoms with Crippen molar-refractivity contribution in [2.45, 2.75) is 19.4 Å². The molecule has 6 nitrogen and oxygen atoms in total. The minimum absolute atomic E-state index is 0.165. The van der Waals surface area contributed by atoms with E-state index in [9.17, 15) is 5.11 Å². The Morgan fingerprint density at radius 1 is 1.15 bits per heavy atom. The van der Waals surface area contributed by atoms with Gasteiger partial charge in [0.25, 0.3) is 0 Å². The number of rotatable bonds is 4. The van der Waals surface area contributed by atoms with E-state index in [1.54, 1.807) is 25.3 Å². The minimum atomic E-state index is -0.487. The maximum absolute atomic E-state index is 9.77. The standard InChI is InChI=1S/C19H21N3O3S/c1-19(2)11-16(15-10-13(23)6-9-17(15)25-19)21-22-18(26)20-12-4-7-14(24-3)8-5-12/h4-11,21,23H,1-3H3,(H2,20,22,26). The van der Waals surface area contributed by atoms with E-state index in [1.807, 2.05) is 44.2 Å². The van der Waals surface area contributed by atoms with E-state index in [2.05, 4.69) is 16.2 Å². The highest BCUT2D eigenvalue weighted by Crippen LogP contribution is 2.36. The lowest BCUT2D eigenvalue weighted by molar-refractivity contribution is 0.157. The summed E-state index contributed by atoms with van der Waals surface area (Å²) < 4.78 is 11.0. The number of hydrazine groups is 1. The Morgan fingerprint density at radius 3 is 2.58 bits per heavy atom. The van der Waals surface area contributed by atoms with Crippen LogP contribution in [0.3, 0.4) is 0 Å². The number of aromatic hydroxyl groups is 1. The number of nitrogens with one attached hydrogen (secondary N) is 3. The van der Waals surface area contributed by atoms with Gasteiger partial charge in [0.15, 0.2) is 5.11 Å². The average molecular weight is 371 g/mol. The minimum Gasteiger partial charge on any atom is -0.508 e. The largest absolute Gasteiger partial charge is 0.508 e. The highest BCUT2D eigenvalue weighted by Gasteiger charge is 2.27. The van der Waals surface area contributed by atoms with Crippen molar-refractivity contribution in [3.05, 3.63) is 54.1 Å². The molecule has 0 saturated heterocycles. The van der Waals surface area contributed by atoms with Gasteiger partial charge in [-0.25, -0.2) is 0 Å². The van der Waals surface area contributed by atoms with Crippen LogP contribution in [-0.4, -0.2) is 22.9 Å². The van der Waals surface area contributed by atoms with E-state index >= 15 is 0 Å². The summed E-state index contributed by atoms with van der Waals surface area (Å²) in [5.41, 5.74) is 7.93. The number of ether oxygens (including phenoxy) is 2. The average Bonchev–Trinajstić information content (AvgIpc) is 2.60. The van der Waals surface area contributed by atoms with Crippen molar-refractivity contribution < 1.29 is 14.6 Å². The van der Waals surface area contributed by atoms with Crippen LogP contribution in [0.5, 0.6) is 17.2 Å². The molecule has 1 heterocycles. The number of hydrogen-bond donors (Lipinski definition) is 4. The Morgan fingerprint density at radius 2 is 1.88 bits per heavy atom. The maximum atomic E-state index is 9.77. The quantitative estimate of drug-likeness (QED) is 0.485.